The highest BCUT2D eigenvalue weighted by atomic mass is 79.9. The highest BCUT2D eigenvalue weighted by Gasteiger charge is 2.04. The van der Waals surface area contributed by atoms with Crippen LogP contribution in [-0.4, -0.2) is 14.6 Å². The van der Waals surface area contributed by atoms with Crippen molar-refractivity contribution in [3.63, 3.8) is 0 Å². The molecule has 58 valence electrons. The second-order valence-corrected chi connectivity index (χ2v) is 2.99. The third-order valence-corrected chi connectivity index (χ3v) is 2.10. The van der Waals surface area contributed by atoms with Crippen molar-refractivity contribution >= 4 is 21.6 Å². The molecule has 0 fully saturated rings. The molecule has 0 atom stereocenters. The summed E-state index contributed by atoms with van der Waals surface area (Å²) in [5.41, 5.74) is 1.10. The summed E-state index contributed by atoms with van der Waals surface area (Å²) in [4.78, 5) is 3.95. The van der Waals surface area contributed by atoms with Crippen LogP contribution in [0.15, 0.2) is 23.1 Å². The average Bonchev–Trinajstić information content (AvgIpc) is 2.54. The number of aromatic nitrogens is 3. The molecule has 12 heavy (non-hydrogen) atoms. The van der Waals surface area contributed by atoms with Crippen molar-refractivity contribution in [2.24, 2.45) is 0 Å². The lowest BCUT2D eigenvalue weighted by Crippen LogP contribution is -1.91. The zero-order valence-electron chi connectivity index (χ0n) is 5.90. The lowest BCUT2D eigenvalue weighted by atomic mass is 10.3. The molecule has 0 spiro atoms. The predicted molar refractivity (Wildman–Crippen MR) is 45.4 cm³/mol. The molecule has 4 nitrogen and oxygen atoms in total. The van der Waals surface area contributed by atoms with E-state index >= 15 is 0 Å². The van der Waals surface area contributed by atoms with E-state index in [1.807, 2.05) is 6.07 Å². The van der Waals surface area contributed by atoms with Crippen molar-refractivity contribution < 1.29 is 0 Å². The van der Waals surface area contributed by atoms with Gasteiger partial charge in [0.05, 0.1) is 5.56 Å². The maximum Gasteiger partial charge on any atom is 0.174 e. The first-order chi connectivity index (χ1) is 5.83. The number of nitrogens with zero attached hydrogens (tertiary/aromatic N) is 4. The van der Waals surface area contributed by atoms with Crippen LogP contribution in [0.2, 0.25) is 0 Å². The van der Waals surface area contributed by atoms with E-state index in [1.54, 1.807) is 16.6 Å². The molecule has 0 saturated heterocycles. The third-order valence-electron chi connectivity index (χ3n) is 1.50. The predicted octanol–water partition coefficient (Wildman–Crippen LogP) is 1.36. The van der Waals surface area contributed by atoms with Gasteiger partial charge in [0.25, 0.3) is 0 Å². The van der Waals surface area contributed by atoms with Gasteiger partial charge in [0.1, 0.15) is 17.0 Å². The van der Waals surface area contributed by atoms with Crippen molar-refractivity contribution in [1.82, 2.24) is 14.6 Å². The van der Waals surface area contributed by atoms with Crippen LogP contribution in [0.1, 0.15) is 5.56 Å². The summed E-state index contributed by atoms with van der Waals surface area (Å²) < 4.78 is 2.35. The molecule has 2 rings (SSSR count). The zero-order valence-corrected chi connectivity index (χ0v) is 7.48. The van der Waals surface area contributed by atoms with E-state index < -0.39 is 0 Å². The van der Waals surface area contributed by atoms with Crippen molar-refractivity contribution in [3.05, 3.63) is 28.6 Å². The van der Waals surface area contributed by atoms with E-state index in [1.165, 1.54) is 6.33 Å². The summed E-state index contributed by atoms with van der Waals surface area (Å²) in [5, 5.41) is 12.6. The second-order valence-electron chi connectivity index (χ2n) is 2.18. The number of halogens is 1. The highest BCUT2D eigenvalue weighted by molar-refractivity contribution is 9.10. The van der Waals surface area contributed by atoms with Gasteiger partial charge in [-0.1, -0.05) is 0 Å². The Hall–Kier alpha value is -1.41. The van der Waals surface area contributed by atoms with Crippen LogP contribution in [0.5, 0.6) is 0 Å². The topological polar surface area (TPSA) is 54.0 Å². The number of nitriles is 1. The molecule has 2 aromatic rings. The van der Waals surface area contributed by atoms with Crippen LogP contribution in [0.25, 0.3) is 5.65 Å². The van der Waals surface area contributed by atoms with E-state index in [2.05, 4.69) is 26.0 Å². The monoisotopic (exact) mass is 222 g/mol. The first-order valence-corrected chi connectivity index (χ1v) is 4.00. The molecule has 0 N–H and O–H groups in total. The van der Waals surface area contributed by atoms with Crippen LogP contribution in [0, 0.1) is 11.3 Å². The smallest absolute Gasteiger partial charge is 0.174 e. The van der Waals surface area contributed by atoms with Crippen molar-refractivity contribution in [3.8, 4) is 6.07 Å². The molecule has 0 aliphatic heterocycles. The fourth-order valence-electron chi connectivity index (χ4n) is 0.966. The molecular formula is C7H3BrN4. The molecule has 0 aromatic carbocycles. The highest BCUT2D eigenvalue weighted by Crippen LogP contribution is 2.13. The number of hydrogen-bond donors (Lipinski definition) is 0. The van der Waals surface area contributed by atoms with Gasteiger partial charge in [-0.2, -0.15) is 10.4 Å². The summed E-state index contributed by atoms with van der Waals surface area (Å²) in [6.45, 7) is 0. The molecule has 2 heterocycles. The Bertz CT molecular complexity index is 468. The van der Waals surface area contributed by atoms with Crippen molar-refractivity contribution in [1.29, 1.82) is 5.26 Å². The summed E-state index contributed by atoms with van der Waals surface area (Å²) in [5.74, 6) is 0. The Morgan fingerprint density at radius 1 is 1.50 bits per heavy atom. The Balaban J connectivity index is 2.94. The Morgan fingerprint density at radius 2 is 2.33 bits per heavy atom. The SMILES string of the molecule is N#Cc1ccc(Br)n2ncnc12. The second kappa shape index (κ2) is 2.57. The van der Waals surface area contributed by atoms with Gasteiger partial charge in [-0.25, -0.2) is 9.50 Å². The summed E-state index contributed by atoms with van der Waals surface area (Å²) in [7, 11) is 0. The quantitative estimate of drug-likeness (QED) is 0.633. The number of rotatable bonds is 0. The van der Waals surface area contributed by atoms with Gasteiger partial charge < -0.3 is 0 Å². The van der Waals surface area contributed by atoms with Gasteiger partial charge in [-0.05, 0) is 28.1 Å². The first-order valence-electron chi connectivity index (χ1n) is 3.21. The summed E-state index contributed by atoms with van der Waals surface area (Å²) >= 11 is 3.29. The zero-order chi connectivity index (χ0) is 8.55. The lowest BCUT2D eigenvalue weighted by Gasteiger charge is -1.95. The Kier molecular flexibility index (Phi) is 1.55. The molecule has 0 aliphatic rings. The molecule has 2 aromatic heterocycles. The number of hydrogen-bond acceptors (Lipinski definition) is 3. The molecular weight excluding hydrogens is 220 g/mol. The van der Waals surface area contributed by atoms with Crippen LogP contribution in [-0.2, 0) is 0 Å². The van der Waals surface area contributed by atoms with Crippen LogP contribution < -0.4 is 0 Å². The van der Waals surface area contributed by atoms with Gasteiger partial charge in [0.15, 0.2) is 5.65 Å². The standard InChI is InChI=1S/C7H3BrN4/c8-6-2-1-5(3-9)7-10-4-11-12(6)7/h1-2,4H. The molecule has 0 amide bonds. The van der Waals surface area contributed by atoms with Gasteiger partial charge in [0, 0.05) is 0 Å². The third kappa shape index (κ3) is 0.889. The largest absolute Gasteiger partial charge is 0.214 e. The molecule has 0 bridgehead atoms. The van der Waals surface area contributed by atoms with Gasteiger partial charge in [-0.3, -0.25) is 0 Å². The minimum atomic E-state index is 0.524. The maximum atomic E-state index is 8.70. The van der Waals surface area contributed by atoms with Crippen LogP contribution in [0.3, 0.4) is 0 Å². The van der Waals surface area contributed by atoms with E-state index in [9.17, 15) is 0 Å². The van der Waals surface area contributed by atoms with Gasteiger partial charge in [0.2, 0.25) is 0 Å². The average molecular weight is 223 g/mol. The van der Waals surface area contributed by atoms with Crippen molar-refractivity contribution in [2.45, 2.75) is 0 Å². The fraction of sp³-hybridized carbons (Fsp3) is 0. The normalized spacial score (nSPS) is 10.0. The minimum absolute atomic E-state index is 0.524. The van der Waals surface area contributed by atoms with E-state index in [0.717, 1.165) is 4.60 Å². The van der Waals surface area contributed by atoms with Gasteiger partial charge >= 0.3 is 0 Å². The fourth-order valence-corrected chi connectivity index (χ4v) is 1.36. The minimum Gasteiger partial charge on any atom is -0.214 e. The number of fused-ring (bicyclic) bond motifs is 1. The van der Waals surface area contributed by atoms with Crippen LogP contribution >= 0.6 is 15.9 Å². The molecule has 0 saturated carbocycles. The number of pyridine rings is 1. The van der Waals surface area contributed by atoms with Crippen LogP contribution in [0.4, 0.5) is 0 Å². The van der Waals surface area contributed by atoms with Crippen molar-refractivity contribution in [2.75, 3.05) is 0 Å². The first kappa shape index (κ1) is 7.25. The molecule has 0 aliphatic carbocycles. The summed E-state index contributed by atoms with van der Waals surface area (Å²) in [6, 6.07) is 5.51. The van der Waals surface area contributed by atoms with Gasteiger partial charge in [-0.15, -0.1) is 0 Å². The lowest BCUT2D eigenvalue weighted by molar-refractivity contribution is 0.933. The van der Waals surface area contributed by atoms with E-state index in [0.29, 0.717) is 11.2 Å². The Labute approximate surface area is 76.6 Å². The Morgan fingerprint density at radius 3 is 3.08 bits per heavy atom. The maximum absolute atomic E-state index is 8.70. The van der Waals surface area contributed by atoms with E-state index in [4.69, 9.17) is 5.26 Å². The van der Waals surface area contributed by atoms with E-state index in [-0.39, 0.29) is 0 Å². The summed E-state index contributed by atoms with van der Waals surface area (Å²) in [6.07, 6.45) is 1.42. The molecule has 0 unspecified atom stereocenters. The molecule has 0 radical (unpaired) electrons. The molecule has 5 heteroatoms.